The predicted octanol–water partition coefficient (Wildman–Crippen LogP) is -0.175. The topological polar surface area (TPSA) is 72.5 Å². The number of allylic oxidation sites excluding steroid dienone is 2. The third-order valence-corrected chi connectivity index (χ3v) is 1.89. The summed E-state index contributed by atoms with van der Waals surface area (Å²) in [6.07, 6.45) is 0.345. The van der Waals surface area contributed by atoms with E-state index in [1.54, 1.807) is 13.8 Å². The zero-order valence-corrected chi connectivity index (χ0v) is 8.22. The maximum atomic E-state index is 10.9. The molecule has 0 rings (SSSR count). The molecule has 5 nitrogen and oxygen atoms in total. The molecule has 76 valence electrons. The van der Waals surface area contributed by atoms with Gasteiger partial charge in [0, 0.05) is 0 Å². The second kappa shape index (κ2) is 7.19. The first kappa shape index (κ1) is 16.3. The van der Waals surface area contributed by atoms with E-state index in [2.05, 4.69) is 10.9 Å². The molecule has 0 spiro atoms. The van der Waals surface area contributed by atoms with E-state index < -0.39 is 10.1 Å². The molecule has 0 saturated heterocycles. The van der Waals surface area contributed by atoms with Crippen LogP contribution in [0, 0.1) is 0 Å². The molecule has 0 aromatic carbocycles. The van der Waals surface area contributed by atoms with Crippen molar-refractivity contribution < 1.29 is 17.5 Å². The Morgan fingerprint density at radius 3 is 2.29 bits per heavy atom. The van der Waals surface area contributed by atoms with Crippen molar-refractivity contribution in [3.05, 3.63) is 23.3 Å². The van der Waals surface area contributed by atoms with E-state index in [-0.39, 0.29) is 35.3 Å². The summed E-state index contributed by atoms with van der Waals surface area (Å²) in [5, 5.41) is 0.929. The number of hydrogen-bond acceptors (Lipinski definition) is 5. The number of hydrogen-bond donors (Lipinski definition) is 1. The van der Waals surface area contributed by atoms with Crippen LogP contribution in [0.5, 0.6) is 0 Å². The second-order valence-corrected chi connectivity index (χ2v) is 3.90. The van der Waals surface area contributed by atoms with Crippen LogP contribution in [0.1, 0.15) is 13.8 Å². The van der Waals surface area contributed by atoms with E-state index in [9.17, 15) is 13.2 Å². The van der Waals surface area contributed by atoms with Crippen LogP contribution in [0.2, 0.25) is 0 Å². The third kappa shape index (κ3) is 8.46. The van der Waals surface area contributed by atoms with Gasteiger partial charge in [0.05, 0.1) is 11.1 Å². The average molecular weight is 229 g/mol. The van der Waals surface area contributed by atoms with Crippen molar-refractivity contribution in [3.63, 3.8) is 0 Å². The molecule has 0 amide bonds. The van der Waals surface area contributed by atoms with E-state index in [4.69, 9.17) is 0 Å². The van der Waals surface area contributed by atoms with Crippen LogP contribution in [0.15, 0.2) is 23.3 Å². The number of rotatable bonds is 5. The summed E-state index contributed by atoms with van der Waals surface area (Å²) in [5.74, 6) is 0. The summed E-state index contributed by atoms with van der Waals surface area (Å²) in [5.41, 5.74) is 2.29. The SMILES string of the molecule is C=C(C=O)NOS(=O)(=O)C=C(C)C.[NaH]. The quantitative estimate of drug-likeness (QED) is 0.306. The third-order valence-electron chi connectivity index (χ3n) is 0.811. The Balaban J connectivity index is 0. The van der Waals surface area contributed by atoms with E-state index in [0.29, 0.717) is 11.9 Å². The van der Waals surface area contributed by atoms with Crippen molar-refractivity contribution in [1.29, 1.82) is 0 Å². The molecule has 0 bridgehead atoms. The number of hydroxylamine groups is 1. The molecule has 0 aliphatic rings. The van der Waals surface area contributed by atoms with Gasteiger partial charge in [-0.1, -0.05) is 12.2 Å². The van der Waals surface area contributed by atoms with Crippen LogP contribution in [-0.2, 0) is 19.2 Å². The van der Waals surface area contributed by atoms with Crippen LogP contribution in [-0.4, -0.2) is 44.3 Å². The number of carbonyl (C=O) groups excluding carboxylic acids is 1. The normalized spacial score (nSPS) is 9.57. The first-order valence-electron chi connectivity index (χ1n) is 3.36. The summed E-state index contributed by atoms with van der Waals surface area (Å²) in [4.78, 5) is 9.99. The van der Waals surface area contributed by atoms with Crippen molar-refractivity contribution in [2.45, 2.75) is 13.8 Å². The van der Waals surface area contributed by atoms with Gasteiger partial charge in [0.2, 0.25) is 0 Å². The van der Waals surface area contributed by atoms with E-state index in [1.807, 2.05) is 5.48 Å². The molecule has 0 aromatic heterocycles. The minimum absolute atomic E-state index is 0. The molecule has 0 aromatic rings. The Bertz CT molecular complexity index is 330. The van der Waals surface area contributed by atoms with Gasteiger partial charge in [-0.2, -0.15) is 8.42 Å². The van der Waals surface area contributed by atoms with Gasteiger partial charge in [0.25, 0.3) is 0 Å². The molecule has 0 atom stereocenters. The molecule has 0 radical (unpaired) electrons. The van der Waals surface area contributed by atoms with E-state index in [0.717, 1.165) is 5.41 Å². The Hall–Kier alpha value is -0.140. The van der Waals surface area contributed by atoms with Crippen LogP contribution in [0.3, 0.4) is 0 Å². The van der Waals surface area contributed by atoms with Crippen molar-refractivity contribution >= 4 is 46.0 Å². The van der Waals surface area contributed by atoms with Gasteiger partial charge < -0.3 is 0 Å². The Morgan fingerprint density at radius 1 is 1.43 bits per heavy atom. The second-order valence-electron chi connectivity index (χ2n) is 2.52. The molecule has 0 fully saturated rings. The zero-order valence-electron chi connectivity index (χ0n) is 7.40. The number of carbonyl (C=O) groups is 1. The van der Waals surface area contributed by atoms with E-state index >= 15 is 0 Å². The molecule has 0 heterocycles. The molecular weight excluding hydrogens is 217 g/mol. The Morgan fingerprint density at radius 2 is 1.93 bits per heavy atom. The molecule has 0 aliphatic carbocycles. The fraction of sp³-hybridized carbons (Fsp3) is 0.286. The van der Waals surface area contributed by atoms with Gasteiger partial charge in [0.15, 0.2) is 6.29 Å². The number of nitrogens with one attached hydrogen (secondary N) is 1. The van der Waals surface area contributed by atoms with Gasteiger partial charge in [-0.05, 0) is 13.8 Å². The van der Waals surface area contributed by atoms with E-state index in [1.165, 1.54) is 0 Å². The van der Waals surface area contributed by atoms with Crippen molar-refractivity contribution in [2.24, 2.45) is 0 Å². The van der Waals surface area contributed by atoms with Gasteiger partial charge in [0.1, 0.15) is 0 Å². The summed E-state index contributed by atoms with van der Waals surface area (Å²) >= 11 is 0. The van der Waals surface area contributed by atoms with Gasteiger partial charge in [-0.3, -0.25) is 4.79 Å². The van der Waals surface area contributed by atoms with Crippen molar-refractivity contribution in [1.82, 2.24) is 5.48 Å². The summed E-state index contributed by atoms with van der Waals surface area (Å²) < 4.78 is 26.1. The Kier molecular flexibility index (Phi) is 8.37. The van der Waals surface area contributed by atoms with Crippen LogP contribution in [0.4, 0.5) is 0 Å². The number of aldehydes is 1. The van der Waals surface area contributed by atoms with Crippen LogP contribution < -0.4 is 5.48 Å². The molecular formula is C7H12NNaO4S. The Labute approximate surface area is 106 Å². The molecule has 0 aliphatic heterocycles. The summed E-state index contributed by atoms with van der Waals surface area (Å²) in [6, 6.07) is 0. The molecule has 14 heavy (non-hydrogen) atoms. The molecule has 7 heteroatoms. The first-order chi connectivity index (χ1) is 5.87. The van der Waals surface area contributed by atoms with Gasteiger partial charge >= 0.3 is 39.7 Å². The van der Waals surface area contributed by atoms with Crippen LogP contribution in [0.25, 0.3) is 0 Å². The molecule has 0 saturated carbocycles. The zero-order chi connectivity index (χ0) is 10.5. The van der Waals surface area contributed by atoms with Crippen molar-refractivity contribution in [2.75, 3.05) is 0 Å². The summed E-state index contributed by atoms with van der Waals surface area (Å²) in [6.45, 7) is 6.38. The fourth-order valence-corrected chi connectivity index (χ4v) is 1.30. The average Bonchev–Trinajstić information content (AvgIpc) is 1.98. The predicted molar refractivity (Wildman–Crippen MR) is 54.9 cm³/mol. The van der Waals surface area contributed by atoms with Gasteiger partial charge in [-0.15, -0.1) is 4.28 Å². The first-order valence-corrected chi connectivity index (χ1v) is 4.83. The minimum atomic E-state index is -3.78. The van der Waals surface area contributed by atoms with Crippen molar-refractivity contribution in [3.8, 4) is 0 Å². The molecule has 1 N–H and O–H groups in total. The fourth-order valence-electron chi connectivity index (χ4n) is 0.448. The monoisotopic (exact) mass is 229 g/mol. The standard InChI is InChI=1S/C7H11NO4S.Na.H/c1-6(2)5-13(10,11)12-8-7(3)4-9;;/h4-5,8H,3H2,1-2H3;;. The molecule has 0 unspecified atom stereocenters. The maximum absolute atomic E-state index is 10.9. The van der Waals surface area contributed by atoms with Crippen LogP contribution >= 0.6 is 0 Å². The van der Waals surface area contributed by atoms with Gasteiger partial charge in [-0.25, -0.2) is 5.48 Å². The summed E-state index contributed by atoms with van der Waals surface area (Å²) in [7, 11) is -3.78.